The monoisotopic (exact) mass is 480 g/mol. The highest BCUT2D eigenvalue weighted by Crippen LogP contribution is 2.22. The van der Waals surface area contributed by atoms with E-state index in [1.807, 2.05) is 54.6 Å². The van der Waals surface area contributed by atoms with Gasteiger partial charge in [-0.3, -0.25) is 4.79 Å². The van der Waals surface area contributed by atoms with Crippen LogP contribution in [-0.2, 0) is 20.9 Å². The van der Waals surface area contributed by atoms with Gasteiger partial charge in [0.2, 0.25) is 5.78 Å². The van der Waals surface area contributed by atoms with Gasteiger partial charge in [0.05, 0.1) is 0 Å². The summed E-state index contributed by atoms with van der Waals surface area (Å²) < 4.78 is 11.2. The Morgan fingerprint density at radius 2 is 1.26 bits per heavy atom. The van der Waals surface area contributed by atoms with Crippen molar-refractivity contribution in [1.29, 1.82) is 0 Å². The standard InChI is InChI=1S/C31H44O4/c1-3-4-5-6-7-8-9-10-11-12-13-17-20-30(32)31(33)35-26(2)28-21-23-29(24-22-28)34-25-27-18-15-14-16-19-27/h14-16,18-19,21-24,26H,3-13,17,20,25H2,1-2H3. The average molecular weight is 481 g/mol. The van der Waals surface area contributed by atoms with E-state index in [-0.39, 0.29) is 6.42 Å². The Labute approximate surface area is 212 Å². The van der Waals surface area contributed by atoms with Gasteiger partial charge in [-0.2, -0.15) is 0 Å². The van der Waals surface area contributed by atoms with Crippen LogP contribution in [0.15, 0.2) is 54.6 Å². The smallest absolute Gasteiger partial charge is 0.375 e. The van der Waals surface area contributed by atoms with E-state index >= 15 is 0 Å². The number of ether oxygens (including phenoxy) is 2. The number of ketones is 1. The Morgan fingerprint density at radius 3 is 1.83 bits per heavy atom. The molecule has 0 spiro atoms. The number of carbonyl (C=O) groups is 2. The second-order valence-electron chi connectivity index (χ2n) is 9.45. The van der Waals surface area contributed by atoms with Gasteiger partial charge in [-0.25, -0.2) is 4.79 Å². The van der Waals surface area contributed by atoms with Crippen LogP contribution in [0.2, 0.25) is 0 Å². The predicted molar refractivity (Wildman–Crippen MR) is 142 cm³/mol. The van der Waals surface area contributed by atoms with Crippen molar-refractivity contribution in [3.05, 3.63) is 65.7 Å². The topological polar surface area (TPSA) is 52.6 Å². The first-order chi connectivity index (χ1) is 17.1. The van der Waals surface area contributed by atoms with E-state index in [1.54, 1.807) is 6.92 Å². The molecule has 0 aromatic heterocycles. The van der Waals surface area contributed by atoms with Crippen LogP contribution in [0.25, 0.3) is 0 Å². The normalized spacial score (nSPS) is 11.7. The van der Waals surface area contributed by atoms with Gasteiger partial charge in [-0.1, -0.05) is 120 Å². The molecule has 0 aliphatic carbocycles. The number of carbonyl (C=O) groups excluding carboxylic acids is 2. The summed E-state index contributed by atoms with van der Waals surface area (Å²) in [5.74, 6) is -0.407. The molecule has 0 saturated carbocycles. The minimum absolute atomic E-state index is 0.273. The first-order valence-electron chi connectivity index (χ1n) is 13.6. The number of hydrogen-bond donors (Lipinski definition) is 0. The Hall–Kier alpha value is -2.62. The summed E-state index contributed by atoms with van der Waals surface area (Å²) >= 11 is 0. The molecular weight excluding hydrogens is 436 g/mol. The quantitative estimate of drug-likeness (QED) is 0.115. The Morgan fingerprint density at radius 1 is 0.714 bits per heavy atom. The highest BCUT2D eigenvalue weighted by molar-refractivity contribution is 6.33. The number of Topliss-reactive ketones (excluding diaryl/α,β-unsaturated/α-hetero) is 1. The van der Waals surface area contributed by atoms with Crippen LogP contribution in [0.5, 0.6) is 5.75 Å². The minimum Gasteiger partial charge on any atom is -0.489 e. The van der Waals surface area contributed by atoms with E-state index in [1.165, 1.54) is 57.8 Å². The number of rotatable bonds is 19. The molecule has 0 heterocycles. The SMILES string of the molecule is CCCCCCCCCCCCCCC(=O)C(=O)OC(C)c1ccc(OCc2ccccc2)cc1. The van der Waals surface area contributed by atoms with E-state index in [2.05, 4.69) is 6.92 Å². The third-order valence-corrected chi connectivity index (χ3v) is 6.37. The van der Waals surface area contributed by atoms with Crippen molar-refractivity contribution in [2.45, 2.75) is 110 Å². The lowest BCUT2D eigenvalue weighted by Crippen LogP contribution is -2.19. The molecule has 0 bridgehead atoms. The molecule has 1 atom stereocenters. The Balaban J connectivity index is 1.54. The van der Waals surface area contributed by atoms with Crippen LogP contribution in [-0.4, -0.2) is 11.8 Å². The van der Waals surface area contributed by atoms with E-state index < -0.39 is 17.9 Å². The second-order valence-corrected chi connectivity index (χ2v) is 9.45. The summed E-state index contributed by atoms with van der Waals surface area (Å²) in [7, 11) is 0. The molecule has 0 amide bonds. The van der Waals surface area contributed by atoms with Crippen molar-refractivity contribution >= 4 is 11.8 Å². The molecule has 192 valence electrons. The van der Waals surface area contributed by atoms with Gasteiger partial charge >= 0.3 is 5.97 Å². The zero-order chi connectivity index (χ0) is 25.1. The molecule has 4 heteroatoms. The molecule has 2 aromatic rings. The summed E-state index contributed by atoms with van der Waals surface area (Å²) in [6.45, 7) is 4.54. The molecule has 0 aliphatic heterocycles. The molecule has 0 N–H and O–H groups in total. The summed E-state index contributed by atoms with van der Waals surface area (Å²) in [4.78, 5) is 24.4. The zero-order valence-corrected chi connectivity index (χ0v) is 21.8. The lowest BCUT2D eigenvalue weighted by molar-refractivity contribution is -0.157. The molecule has 2 aromatic carbocycles. The number of benzene rings is 2. The molecular formula is C31H44O4. The van der Waals surface area contributed by atoms with Crippen LogP contribution >= 0.6 is 0 Å². The molecule has 0 aliphatic rings. The molecule has 0 radical (unpaired) electrons. The molecule has 4 nitrogen and oxygen atoms in total. The van der Waals surface area contributed by atoms with Gasteiger partial charge in [0.15, 0.2) is 0 Å². The highest BCUT2D eigenvalue weighted by atomic mass is 16.5. The van der Waals surface area contributed by atoms with Crippen molar-refractivity contribution in [3.63, 3.8) is 0 Å². The van der Waals surface area contributed by atoms with E-state index in [4.69, 9.17) is 9.47 Å². The highest BCUT2D eigenvalue weighted by Gasteiger charge is 2.19. The van der Waals surface area contributed by atoms with Crippen molar-refractivity contribution in [2.75, 3.05) is 0 Å². The largest absolute Gasteiger partial charge is 0.489 e. The van der Waals surface area contributed by atoms with Gasteiger partial charge in [0.25, 0.3) is 0 Å². The Bertz CT molecular complexity index is 829. The maximum Gasteiger partial charge on any atom is 0.375 e. The van der Waals surface area contributed by atoms with Crippen LogP contribution in [0.1, 0.15) is 115 Å². The van der Waals surface area contributed by atoms with Gasteiger partial charge in [0.1, 0.15) is 18.5 Å². The van der Waals surface area contributed by atoms with Gasteiger partial charge in [0, 0.05) is 6.42 Å². The lowest BCUT2D eigenvalue weighted by Gasteiger charge is -2.14. The fourth-order valence-electron chi connectivity index (χ4n) is 4.10. The van der Waals surface area contributed by atoms with Crippen LogP contribution in [0, 0.1) is 0 Å². The molecule has 35 heavy (non-hydrogen) atoms. The lowest BCUT2D eigenvalue weighted by atomic mass is 10.0. The molecule has 0 saturated heterocycles. The van der Waals surface area contributed by atoms with Crippen LogP contribution in [0.4, 0.5) is 0 Å². The van der Waals surface area contributed by atoms with E-state index in [0.29, 0.717) is 6.61 Å². The van der Waals surface area contributed by atoms with E-state index in [9.17, 15) is 9.59 Å². The minimum atomic E-state index is -0.732. The third kappa shape index (κ3) is 12.6. The maximum atomic E-state index is 12.2. The van der Waals surface area contributed by atoms with Crippen molar-refractivity contribution in [3.8, 4) is 5.75 Å². The van der Waals surface area contributed by atoms with Gasteiger partial charge < -0.3 is 9.47 Å². The van der Waals surface area contributed by atoms with Crippen molar-refractivity contribution < 1.29 is 19.1 Å². The van der Waals surface area contributed by atoms with Crippen molar-refractivity contribution in [2.24, 2.45) is 0 Å². The second kappa shape index (κ2) is 17.8. The fourth-order valence-corrected chi connectivity index (χ4v) is 4.10. The average Bonchev–Trinajstić information content (AvgIpc) is 2.88. The van der Waals surface area contributed by atoms with Crippen molar-refractivity contribution in [1.82, 2.24) is 0 Å². The first kappa shape index (κ1) is 28.6. The molecule has 2 rings (SSSR count). The summed E-state index contributed by atoms with van der Waals surface area (Å²) in [6.07, 6.45) is 14.6. The van der Waals surface area contributed by atoms with Gasteiger partial charge in [-0.15, -0.1) is 0 Å². The number of hydrogen-bond acceptors (Lipinski definition) is 4. The van der Waals surface area contributed by atoms with Crippen LogP contribution in [0.3, 0.4) is 0 Å². The zero-order valence-electron chi connectivity index (χ0n) is 21.8. The summed E-state index contributed by atoms with van der Waals surface area (Å²) in [6, 6.07) is 17.4. The van der Waals surface area contributed by atoms with E-state index in [0.717, 1.165) is 36.1 Å². The molecule has 1 unspecified atom stereocenters. The summed E-state index contributed by atoms with van der Waals surface area (Å²) in [5.41, 5.74) is 1.94. The molecule has 0 fully saturated rings. The van der Waals surface area contributed by atoms with Crippen LogP contribution < -0.4 is 4.74 Å². The maximum absolute atomic E-state index is 12.2. The predicted octanol–water partition coefficient (Wildman–Crippen LogP) is 8.53. The van der Waals surface area contributed by atoms with Gasteiger partial charge in [-0.05, 0) is 36.6 Å². The summed E-state index contributed by atoms with van der Waals surface area (Å²) in [5, 5.41) is 0. The number of unbranched alkanes of at least 4 members (excludes halogenated alkanes) is 11. The fraction of sp³-hybridized carbons (Fsp3) is 0.548. The Kier molecular flexibility index (Phi) is 14.5. The first-order valence-corrected chi connectivity index (χ1v) is 13.6. The number of esters is 1. The third-order valence-electron chi connectivity index (χ3n) is 6.37.